The number of aromatic hydroxyl groups is 1. The number of carbonyl (C=O) groups excluding carboxylic acids is 4. The lowest BCUT2D eigenvalue weighted by molar-refractivity contribution is -0.131. The van der Waals surface area contributed by atoms with Gasteiger partial charge in [-0.25, -0.2) is 4.90 Å². The van der Waals surface area contributed by atoms with Gasteiger partial charge >= 0.3 is 0 Å². The molecule has 4 amide bonds. The molecule has 8 rings (SSSR count). The van der Waals surface area contributed by atoms with Crippen molar-refractivity contribution in [3.63, 3.8) is 0 Å². The standard InChI is InChI=1S/C34H28Cl2N4O5S/c1-14-20-10-15(35)4-9-25(20)46-29(14)24-13-26(39(3)38-24)40-32(44)22-12-21-17(7-8-19-27(21)31(43)37-30(19)42)28(34(22,2)33(40)45)18-6-5-16(41)11-23(18)36/h4-7,9-11,13,19,21-22,27-28,41H,8,12H2,1-3H3,(H,37,42,43)/t19-,21+,22-,27-,28+,34+/m0/s1. The topological polar surface area (TPSA) is 122 Å². The van der Waals surface area contributed by atoms with Crippen molar-refractivity contribution < 1.29 is 24.3 Å². The Morgan fingerprint density at radius 1 is 1.04 bits per heavy atom. The number of imide groups is 2. The molecule has 0 unspecified atom stereocenters. The molecule has 46 heavy (non-hydrogen) atoms. The second-order valence-corrected chi connectivity index (χ2v) is 14.8. The third-order valence-corrected chi connectivity index (χ3v) is 12.5. The summed E-state index contributed by atoms with van der Waals surface area (Å²) in [5.74, 6) is -4.19. The van der Waals surface area contributed by atoms with E-state index in [1.54, 1.807) is 42.1 Å². The van der Waals surface area contributed by atoms with Gasteiger partial charge in [-0.15, -0.1) is 11.3 Å². The highest BCUT2D eigenvalue weighted by Gasteiger charge is 2.67. The van der Waals surface area contributed by atoms with Crippen molar-refractivity contribution >= 4 is 74.1 Å². The Balaban J connectivity index is 1.26. The van der Waals surface area contributed by atoms with Gasteiger partial charge in [0.2, 0.25) is 23.6 Å². The van der Waals surface area contributed by atoms with Crippen molar-refractivity contribution in [3.8, 4) is 16.3 Å². The van der Waals surface area contributed by atoms with Gasteiger partial charge in [0.05, 0.1) is 28.0 Å². The number of thiophene rings is 1. The van der Waals surface area contributed by atoms with Crippen molar-refractivity contribution in [2.45, 2.75) is 32.6 Å². The molecule has 3 fully saturated rings. The van der Waals surface area contributed by atoms with Crippen LogP contribution in [0.3, 0.4) is 0 Å². The van der Waals surface area contributed by atoms with Gasteiger partial charge in [0.1, 0.15) is 17.3 Å². The minimum Gasteiger partial charge on any atom is -0.508 e. The number of hydrogen-bond donors (Lipinski definition) is 2. The molecule has 2 aliphatic heterocycles. The summed E-state index contributed by atoms with van der Waals surface area (Å²) in [5, 5.41) is 19.3. The molecule has 2 aliphatic carbocycles. The summed E-state index contributed by atoms with van der Waals surface area (Å²) in [6, 6.07) is 12.1. The van der Waals surface area contributed by atoms with Crippen LogP contribution in [0.4, 0.5) is 5.82 Å². The number of phenolic OH excluding ortho intramolecular Hbond substituents is 1. The third kappa shape index (κ3) is 3.90. The largest absolute Gasteiger partial charge is 0.508 e. The van der Waals surface area contributed by atoms with E-state index in [1.165, 1.54) is 17.0 Å². The fourth-order valence-electron chi connectivity index (χ4n) is 8.45. The number of aromatic nitrogens is 2. The normalized spacial score (nSPS) is 28.8. The highest BCUT2D eigenvalue weighted by molar-refractivity contribution is 7.22. The van der Waals surface area contributed by atoms with Gasteiger partial charge in [-0.05, 0) is 79.5 Å². The quantitative estimate of drug-likeness (QED) is 0.199. The second kappa shape index (κ2) is 10.0. The lowest BCUT2D eigenvalue weighted by Crippen LogP contribution is -2.49. The van der Waals surface area contributed by atoms with E-state index in [9.17, 15) is 24.3 Å². The van der Waals surface area contributed by atoms with Gasteiger partial charge in [0.15, 0.2) is 0 Å². The fourth-order valence-corrected chi connectivity index (χ4v) is 10.1. The number of anilines is 1. The molecule has 1 saturated carbocycles. The molecule has 2 saturated heterocycles. The van der Waals surface area contributed by atoms with E-state index in [2.05, 4.69) is 5.32 Å². The average Bonchev–Trinajstić information content (AvgIpc) is 3.69. The van der Waals surface area contributed by atoms with E-state index >= 15 is 0 Å². The van der Waals surface area contributed by atoms with Crippen LogP contribution in [0.5, 0.6) is 5.75 Å². The summed E-state index contributed by atoms with van der Waals surface area (Å²) in [5.41, 5.74) is 1.78. The summed E-state index contributed by atoms with van der Waals surface area (Å²) in [6.07, 6.45) is 2.54. The lowest BCUT2D eigenvalue weighted by Gasteiger charge is -2.49. The van der Waals surface area contributed by atoms with Gasteiger partial charge < -0.3 is 5.11 Å². The predicted molar refractivity (Wildman–Crippen MR) is 175 cm³/mol. The average molecular weight is 676 g/mol. The molecule has 2 aromatic carbocycles. The number of phenols is 1. The number of rotatable bonds is 3. The SMILES string of the molecule is Cc1c(-c2cc(N3C(=O)[C@@H]4C[C@@H]5C(=CC[C@@H]6C(=O)NC(=O)[C@@H]65)[C@H](c5ccc(O)cc5Cl)[C@]4(C)C3=O)n(C)n2)sc2ccc(Cl)cc12. The van der Waals surface area contributed by atoms with Crippen LogP contribution in [0.1, 0.15) is 36.8 Å². The first kappa shape index (κ1) is 29.4. The number of benzene rings is 2. The van der Waals surface area contributed by atoms with Gasteiger partial charge in [-0.3, -0.25) is 29.2 Å². The number of amides is 4. The van der Waals surface area contributed by atoms with Crippen molar-refractivity contribution in [1.29, 1.82) is 0 Å². The van der Waals surface area contributed by atoms with Crippen LogP contribution in [0.25, 0.3) is 20.7 Å². The summed E-state index contributed by atoms with van der Waals surface area (Å²) in [6.45, 7) is 3.80. The zero-order valence-corrected chi connectivity index (χ0v) is 27.3. The number of carbonyl (C=O) groups is 4. The molecule has 9 nitrogen and oxygen atoms in total. The van der Waals surface area contributed by atoms with Crippen LogP contribution in [0.2, 0.25) is 10.0 Å². The molecular weight excluding hydrogens is 647 g/mol. The van der Waals surface area contributed by atoms with Crippen LogP contribution >= 0.6 is 34.5 Å². The molecule has 0 radical (unpaired) electrons. The Bertz CT molecular complexity index is 2100. The fraction of sp³-hybridized carbons (Fsp3) is 0.324. The molecule has 0 bridgehead atoms. The van der Waals surface area contributed by atoms with Gasteiger partial charge in [0, 0.05) is 33.8 Å². The smallest absolute Gasteiger partial charge is 0.242 e. The molecular formula is C34H28Cl2N4O5S. The van der Waals surface area contributed by atoms with E-state index in [0.717, 1.165) is 26.1 Å². The summed E-state index contributed by atoms with van der Waals surface area (Å²) in [7, 11) is 1.71. The number of halogens is 2. The maximum atomic E-state index is 14.8. The van der Waals surface area contributed by atoms with Crippen LogP contribution in [-0.4, -0.2) is 38.5 Å². The van der Waals surface area contributed by atoms with E-state index in [-0.39, 0.29) is 40.8 Å². The van der Waals surface area contributed by atoms with Crippen LogP contribution in [0.15, 0.2) is 54.1 Å². The Labute approximate surface area is 277 Å². The molecule has 12 heteroatoms. The maximum absolute atomic E-state index is 14.8. The summed E-state index contributed by atoms with van der Waals surface area (Å²) < 4.78 is 2.60. The maximum Gasteiger partial charge on any atom is 0.242 e. The Morgan fingerprint density at radius 2 is 1.83 bits per heavy atom. The van der Waals surface area contributed by atoms with Crippen LogP contribution in [-0.2, 0) is 26.2 Å². The zero-order valence-electron chi connectivity index (χ0n) is 25.0. The minimum atomic E-state index is -1.26. The van der Waals surface area contributed by atoms with Gasteiger partial charge in [0.25, 0.3) is 0 Å². The van der Waals surface area contributed by atoms with E-state index in [1.807, 2.05) is 31.2 Å². The van der Waals surface area contributed by atoms with Crippen molar-refractivity contribution in [2.75, 3.05) is 4.90 Å². The molecule has 2 aromatic heterocycles. The van der Waals surface area contributed by atoms with E-state index in [0.29, 0.717) is 28.5 Å². The van der Waals surface area contributed by atoms with Crippen molar-refractivity contribution in [1.82, 2.24) is 15.1 Å². The third-order valence-electron chi connectivity index (χ3n) is 10.6. The Hall–Kier alpha value is -3.99. The first-order valence-corrected chi connectivity index (χ1v) is 16.6. The number of allylic oxidation sites excluding steroid dienone is 2. The van der Waals surface area contributed by atoms with Crippen LogP contribution in [0, 0.1) is 36.0 Å². The molecule has 234 valence electrons. The lowest BCUT2D eigenvalue weighted by atomic mass is 9.51. The highest BCUT2D eigenvalue weighted by Crippen LogP contribution is 2.64. The number of hydrogen-bond acceptors (Lipinski definition) is 7. The number of fused-ring (bicyclic) bond motifs is 5. The number of nitrogens with zero attached hydrogens (tertiary/aromatic N) is 3. The Kier molecular flexibility index (Phi) is 6.40. The number of nitrogens with one attached hydrogen (secondary N) is 1. The molecule has 4 heterocycles. The van der Waals surface area contributed by atoms with Gasteiger partial charge in [-0.1, -0.05) is 40.9 Å². The molecule has 4 aliphatic rings. The first-order valence-electron chi connectivity index (χ1n) is 15.0. The van der Waals surface area contributed by atoms with Gasteiger partial charge in [-0.2, -0.15) is 5.10 Å². The first-order chi connectivity index (χ1) is 21.9. The molecule has 0 spiro atoms. The second-order valence-electron chi connectivity index (χ2n) is 12.9. The number of aryl methyl sites for hydroxylation is 2. The molecule has 6 atom stereocenters. The van der Waals surface area contributed by atoms with E-state index < -0.39 is 35.0 Å². The van der Waals surface area contributed by atoms with Crippen molar-refractivity contribution in [2.24, 2.45) is 36.1 Å². The predicted octanol–water partition coefficient (Wildman–Crippen LogP) is 6.14. The van der Waals surface area contributed by atoms with Crippen LogP contribution < -0.4 is 10.2 Å². The summed E-state index contributed by atoms with van der Waals surface area (Å²) in [4.78, 5) is 57.3. The van der Waals surface area contributed by atoms with E-state index in [4.69, 9.17) is 28.3 Å². The monoisotopic (exact) mass is 674 g/mol. The highest BCUT2D eigenvalue weighted by atomic mass is 35.5. The Morgan fingerprint density at radius 3 is 2.59 bits per heavy atom. The summed E-state index contributed by atoms with van der Waals surface area (Å²) >= 11 is 14.6. The molecule has 2 N–H and O–H groups in total. The van der Waals surface area contributed by atoms with Crippen molar-refractivity contribution in [3.05, 3.63) is 75.3 Å². The zero-order chi connectivity index (χ0) is 32.4. The molecule has 4 aromatic rings. The minimum absolute atomic E-state index is 0.0297.